The predicted octanol–water partition coefficient (Wildman–Crippen LogP) is 2.77. The van der Waals surface area contributed by atoms with Crippen molar-refractivity contribution < 1.29 is 9.18 Å². The van der Waals surface area contributed by atoms with Crippen LogP contribution < -0.4 is 11.1 Å². The quantitative estimate of drug-likeness (QED) is 0.899. The number of nitrogens with one attached hydrogen (secondary N) is 1. The number of halogens is 1. The van der Waals surface area contributed by atoms with Crippen LogP contribution in [-0.2, 0) is 17.8 Å². The van der Waals surface area contributed by atoms with E-state index in [1.165, 1.54) is 12.1 Å². The molecule has 0 saturated carbocycles. The van der Waals surface area contributed by atoms with Crippen molar-refractivity contribution in [2.45, 2.75) is 19.9 Å². The highest BCUT2D eigenvalue weighted by atomic mass is 19.1. The lowest BCUT2D eigenvalue weighted by Crippen LogP contribution is -2.15. The second kappa shape index (κ2) is 6.30. The maximum atomic E-state index is 13.0. The average Bonchev–Trinajstić information content (AvgIpc) is 2.43. The number of hydrogen-bond acceptors (Lipinski definition) is 2. The van der Waals surface area contributed by atoms with Gasteiger partial charge in [0, 0.05) is 12.2 Å². The number of rotatable bonds is 4. The van der Waals surface area contributed by atoms with Crippen LogP contribution in [0.15, 0.2) is 42.5 Å². The van der Waals surface area contributed by atoms with Gasteiger partial charge in [0.05, 0.1) is 6.42 Å². The molecule has 2 rings (SSSR count). The Labute approximate surface area is 117 Å². The third-order valence-electron chi connectivity index (χ3n) is 3.09. The first-order valence-corrected chi connectivity index (χ1v) is 6.42. The van der Waals surface area contributed by atoms with Gasteiger partial charge in [-0.25, -0.2) is 4.39 Å². The molecule has 0 atom stereocenters. The third-order valence-corrected chi connectivity index (χ3v) is 3.09. The van der Waals surface area contributed by atoms with Gasteiger partial charge in [-0.05, 0) is 41.8 Å². The van der Waals surface area contributed by atoms with E-state index in [0.29, 0.717) is 17.8 Å². The van der Waals surface area contributed by atoms with Gasteiger partial charge in [0.15, 0.2) is 0 Å². The Bertz CT molecular complexity index is 608. The number of hydrogen-bond donors (Lipinski definition) is 2. The van der Waals surface area contributed by atoms with Gasteiger partial charge in [0.25, 0.3) is 0 Å². The van der Waals surface area contributed by atoms with Gasteiger partial charge in [-0.2, -0.15) is 0 Å². The van der Waals surface area contributed by atoms with Gasteiger partial charge >= 0.3 is 0 Å². The number of aryl methyl sites for hydroxylation is 1. The molecule has 0 aromatic heterocycles. The predicted molar refractivity (Wildman–Crippen MR) is 77.8 cm³/mol. The molecule has 0 aliphatic rings. The Morgan fingerprint density at radius 2 is 1.80 bits per heavy atom. The van der Waals surface area contributed by atoms with E-state index in [1.54, 1.807) is 13.0 Å². The van der Waals surface area contributed by atoms with Gasteiger partial charge < -0.3 is 11.1 Å². The van der Waals surface area contributed by atoms with Crippen molar-refractivity contribution >= 4 is 11.6 Å². The summed E-state index contributed by atoms with van der Waals surface area (Å²) in [6.45, 7) is 2.25. The van der Waals surface area contributed by atoms with Crippen molar-refractivity contribution in [2.24, 2.45) is 5.73 Å². The van der Waals surface area contributed by atoms with E-state index in [1.807, 2.05) is 24.3 Å². The van der Waals surface area contributed by atoms with Crippen molar-refractivity contribution in [1.29, 1.82) is 0 Å². The molecule has 0 radical (unpaired) electrons. The molecule has 3 nitrogen and oxygen atoms in total. The summed E-state index contributed by atoms with van der Waals surface area (Å²) in [6, 6.07) is 11.9. The first-order valence-electron chi connectivity index (χ1n) is 6.42. The van der Waals surface area contributed by atoms with E-state index in [0.717, 1.165) is 11.1 Å². The zero-order chi connectivity index (χ0) is 14.5. The van der Waals surface area contributed by atoms with E-state index in [-0.39, 0.29) is 18.1 Å². The Balaban J connectivity index is 2.01. The number of carbonyl (C=O) groups is 1. The molecule has 0 fully saturated rings. The summed E-state index contributed by atoms with van der Waals surface area (Å²) in [5.41, 5.74) is 8.81. The summed E-state index contributed by atoms with van der Waals surface area (Å²) in [5.74, 6) is -0.432. The third kappa shape index (κ3) is 3.65. The zero-order valence-electron chi connectivity index (χ0n) is 11.3. The van der Waals surface area contributed by atoms with Crippen LogP contribution in [0.4, 0.5) is 10.1 Å². The standard InChI is InChI=1S/C16H17FN2O/c1-11-8-14(17)6-7-15(11)19-16(20)9-12-2-4-13(10-18)5-3-12/h2-8H,9-10,18H2,1H3,(H,19,20). The average molecular weight is 272 g/mol. The first-order chi connectivity index (χ1) is 9.58. The van der Waals surface area contributed by atoms with Crippen molar-refractivity contribution in [3.05, 3.63) is 65.0 Å². The summed E-state index contributed by atoms with van der Waals surface area (Å²) >= 11 is 0. The molecule has 0 unspecified atom stereocenters. The van der Waals surface area contributed by atoms with Crippen LogP contribution in [0.5, 0.6) is 0 Å². The lowest BCUT2D eigenvalue weighted by Gasteiger charge is -2.08. The van der Waals surface area contributed by atoms with Crippen LogP contribution in [0.1, 0.15) is 16.7 Å². The fourth-order valence-electron chi connectivity index (χ4n) is 1.94. The highest BCUT2D eigenvalue weighted by Crippen LogP contribution is 2.16. The van der Waals surface area contributed by atoms with Gasteiger partial charge in [-0.1, -0.05) is 24.3 Å². The van der Waals surface area contributed by atoms with Crippen LogP contribution in [0.3, 0.4) is 0 Å². The second-order valence-corrected chi connectivity index (χ2v) is 4.70. The molecule has 1 amide bonds. The fourth-order valence-corrected chi connectivity index (χ4v) is 1.94. The lowest BCUT2D eigenvalue weighted by atomic mass is 10.1. The molecule has 4 heteroatoms. The number of amides is 1. The molecular formula is C16H17FN2O. The van der Waals surface area contributed by atoms with Crippen LogP contribution in [0, 0.1) is 12.7 Å². The van der Waals surface area contributed by atoms with E-state index in [4.69, 9.17) is 5.73 Å². The minimum Gasteiger partial charge on any atom is -0.326 e. The maximum absolute atomic E-state index is 13.0. The molecule has 0 aliphatic heterocycles. The van der Waals surface area contributed by atoms with Gasteiger partial charge in [0.2, 0.25) is 5.91 Å². The minimum atomic E-state index is -0.308. The molecule has 0 heterocycles. The molecule has 2 aromatic rings. The van der Waals surface area contributed by atoms with Crippen molar-refractivity contribution in [3.63, 3.8) is 0 Å². The minimum absolute atomic E-state index is 0.125. The Kier molecular flexibility index (Phi) is 4.48. The van der Waals surface area contributed by atoms with Gasteiger partial charge in [-0.15, -0.1) is 0 Å². The number of benzene rings is 2. The van der Waals surface area contributed by atoms with E-state index in [2.05, 4.69) is 5.32 Å². The second-order valence-electron chi connectivity index (χ2n) is 4.70. The largest absolute Gasteiger partial charge is 0.326 e. The Morgan fingerprint density at radius 1 is 1.15 bits per heavy atom. The highest BCUT2D eigenvalue weighted by molar-refractivity contribution is 5.92. The first kappa shape index (κ1) is 14.2. The molecule has 104 valence electrons. The highest BCUT2D eigenvalue weighted by Gasteiger charge is 2.06. The van der Waals surface area contributed by atoms with Crippen molar-refractivity contribution in [1.82, 2.24) is 0 Å². The zero-order valence-corrected chi connectivity index (χ0v) is 11.3. The van der Waals surface area contributed by atoms with Crippen LogP contribution >= 0.6 is 0 Å². The number of carbonyl (C=O) groups excluding carboxylic acids is 1. The van der Waals surface area contributed by atoms with Crippen molar-refractivity contribution in [3.8, 4) is 0 Å². The van der Waals surface area contributed by atoms with E-state index < -0.39 is 0 Å². The smallest absolute Gasteiger partial charge is 0.228 e. The lowest BCUT2D eigenvalue weighted by molar-refractivity contribution is -0.115. The molecule has 0 spiro atoms. The summed E-state index contributed by atoms with van der Waals surface area (Å²) in [7, 11) is 0. The van der Waals surface area contributed by atoms with Crippen LogP contribution in [0.25, 0.3) is 0 Å². The topological polar surface area (TPSA) is 55.1 Å². The fraction of sp³-hybridized carbons (Fsp3) is 0.188. The van der Waals surface area contributed by atoms with Crippen molar-refractivity contribution in [2.75, 3.05) is 5.32 Å². The van der Waals surface area contributed by atoms with E-state index >= 15 is 0 Å². The Morgan fingerprint density at radius 3 is 2.40 bits per heavy atom. The van der Waals surface area contributed by atoms with Crippen LogP contribution in [-0.4, -0.2) is 5.91 Å². The molecular weight excluding hydrogens is 255 g/mol. The molecule has 0 bridgehead atoms. The molecule has 2 aromatic carbocycles. The molecule has 20 heavy (non-hydrogen) atoms. The number of nitrogens with two attached hydrogens (primary N) is 1. The SMILES string of the molecule is Cc1cc(F)ccc1NC(=O)Cc1ccc(CN)cc1. The van der Waals surface area contributed by atoms with Gasteiger partial charge in [0.1, 0.15) is 5.82 Å². The summed E-state index contributed by atoms with van der Waals surface area (Å²) in [5, 5.41) is 2.78. The number of anilines is 1. The monoisotopic (exact) mass is 272 g/mol. The molecule has 0 saturated heterocycles. The van der Waals surface area contributed by atoms with E-state index in [9.17, 15) is 9.18 Å². The van der Waals surface area contributed by atoms with Gasteiger partial charge in [-0.3, -0.25) is 4.79 Å². The van der Waals surface area contributed by atoms with Crippen LogP contribution in [0.2, 0.25) is 0 Å². The summed E-state index contributed by atoms with van der Waals surface area (Å²) < 4.78 is 13.0. The maximum Gasteiger partial charge on any atom is 0.228 e. The molecule has 0 aliphatic carbocycles. The molecule has 3 N–H and O–H groups in total. The Hall–Kier alpha value is -2.20. The normalized spacial score (nSPS) is 10.3. The summed E-state index contributed by atoms with van der Waals surface area (Å²) in [6.07, 6.45) is 0.279. The summed E-state index contributed by atoms with van der Waals surface area (Å²) in [4.78, 5) is 11.9.